The molecule has 0 aliphatic carbocycles. The Bertz CT molecular complexity index is 918. The highest BCUT2D eigenvalue weighted by atomic mass is 16.2. The topological polar surface area (TPSA) is 98.8 Å². The van der Waals surface area contributed by atoms with Gasteiger partial charge in [0, 0.05) is 26.1 Å². The Morgan fingerprint density at radius 3 is 2.43 bits per heavy atom. The van der Waals surface area contributed by atoms with Crippen LogP contribution in [0.5, 0.6) is 0 Å². The molecule has 0 radical (unpaired) electrons. The van der Waals surface area contributed by atoms with Crippen molar-refractivity contribution in [1.82, 2.24) is 20.4 Å². The number of rotatable bonds is 4. The van der Waals surface area contributed by atoms with Gasteiger partial charge in [-0.25, -0.2) is 0 Å². The van der Waals surface area contributed by atoms with E-state index >= 15 is 0 Å². The van der Waals surface area contributed by atoms with Crippen molar-refractivity contribution in [1.29, 1.82) is 0 Å². The van der Waals surface area contributed by atoms with E-state index in [0.717, 1.165) is 42.6 Å². The van der Waals surface area contributed by atoms with Crippen LogP contribution in [0.15, 0.2) is 18.2 Å². The van der Waals surface area contributed by atoms with Crippen molar-refractivity contribution >= 4 is 23.6 Å². The predicted octanol–water partition coefficient (Wildman–Crippen LogP) is 0.519. The van der Waals surface area contributed by atoms with Crippen molar-refractivity contribution in [2.45, 2.75) is 38.3 Å². The normalized spacial score (nSPS) is 26.0. The SMILES string of the molecule is O=C1CCC(N2C(=O)c3cccc(CN4CC(C5CCNCC5)C4)c3C2=O)C(=O)N1. The Kier molecular flexibility index (Phi) is 4.91. The van der Waals surface area contributed by atoms with Gasteiger partial charge in [0.05, 0.1) is 11.1 Å². The molecule has 8 heteroatoms. The molecule has 0 spiro atoms. The van der Waals surface area contributed by atoms with Crippen molar-refractivity contribution in [2.24, 2.45) is 11.8 Å². The lowest BCUT2D eigenvalue weighted by molar-refractivity contribution is -0.136. The van der Waals surface area contributed by atoms with Crippen molar-refractivity contribution in [3.8, 4) is 0 Å². The molecule has 4 heterocycles. The van der Waals surface area contributed by atoms with Crippen LogP contribution in [0.4, 0.5) is 0 Å². The van der Waals surface area contributed by atoms with Gasteiger partial charge in [-0.3, -0.25) is 34.3 Å². The molecule has 0 aromatic heterocycles. The van der Waals surface area contributed by atoms with Crippen LogP contribution in [0.25, 0.3) is 0 Å². The van der Waals surface area contributed by atoms with Crippen LogP contribution in [0.2, 0.25) is 0 Å². The van der Waals surface area contributed by atoms with Crippen LogP contribution in [-0.2, 0) is 16.1 Å². The first-order valence-electron chi connectivity index (χ1n) is 10.8. The quantitative estimate of drug-likeness (QED) is 0.703. The molecule has 3 saturated heterocycles. The minimum absolute atomic E-state index is 0.128. The lowest BCUT2D eigenvalue weighted by atomic mass is 9.80. The Labute approximate surface area is 175 Å². The standard InChI is InChI=1S/C22H26N4O4/c27-18-5-4-17(20(28)24-18)26-21(29)16-3-1-2-14(19(16)22(26)30)10-25-11-15(12-25)13-6-8-23-9-7-13/h1-3,13,15,17,23H,4-12H2,(H,24,27,28). The number of benzene rings is 1. The smallest absolute Gasteiger partial charge is 0.262 e. The molecule has 8 nitrogen and oxygen atoms in total. The van der Waals surface area contributed by atoms with Gasteiger partial charge >= 0.3 is 0 Å². The molecular formula is C22H26N4O4. The maximum Gasteiger partial charge on any atom is 0.262 e. The third kappa shape index (κ3) is 3.24. The third-order valence-electron chi connectivity index (χ3n) is 6.98. The molecule has 4 amide bonds. The highest BCUT2D eigenvalue weighted by molar-refractivity contribution is 6.24. The molecule has 1 atom stereocenters. The average molecular weight is 410 g/mol. The fraction of sp³-hybridized carbons (Fsp3) is 0.545. The summed E-state index contributed by atoms with van der Waals surface area (Å²) in [6.45, 7) is 4.87. The molecule has 1 unspecified atom stereocenters. The fourth-order valence-corrected chi connectivity index (χ4v) is 5.31. The second kappa shape index (κ2) is 7.59. The fourth-order valence-electron chi connectivity index (χ4n) is 5.31. The van der Waals surface area contributed by atoms with Gasteiger partial charge in [-0.2, -0.15) is 0 Å². The van der Waals surface area contributed by atoms with Gasteiger partial charge in [-0.05, 0) is 55.8 Å². The van der Waals surface area contributed by atoms with Gasteiger partial charge in [-0.1, -0.05) is 12.1 Å². The predicted molar refractivity (Wildman–Crippen MR) is 107 cm³/mol. The largest absolute Gasteiger partial charge is 0.317 e. The monoisotopic (exact) mass is 410 g/mol. The molecule has 0 bridgehead atoms. The number of amides is 4. The first kappa shape index (κ1) is 19.4. The summed E-state index contributed by atoms with van der Waals surface area (Å²) in [6.07, 6.45) is 2.76. The van der Waals surface area contributed by atoms with Gasteiger partial charge in [-0.15, -0.1) is 0 Å². The van der Waals surface area contributed by atoms with Crippen LogP contribution in [0.1, 0.15) is 52.0 Å². The maximum atomic E-state index is 13.2. The zero-order valence-corrected chi connectivity index (χ0v) is 16.9. The van der Waals surface area contributed by atoms with Crippen LogP contribution in [0.3, 0.4) is 0 Å². The molecule has 1 aromatic carbocycles. The summed E-state index contributed by atoms with van der Waals surface area (Å²) in [7, 11) is 0. The number of nitrogens with one attached hydrogen (secondary N) is 2. The number of carbonyl (C=O) groups is 4. The molecule has 1 aromatic rings. The lowest BCUT2D eigenvalue weighted by Gasteiger charge is -2.45. The second-order valence-corrected chi connectivity index (χ2v) is 8.83. The van der Waals surface area contributed by atoms with E-state index in [0.29, 0.717) is 23.6 Å². The van der Waals surface area contributed by atoms with E-state index in [-0.39, 0.29) is 18.7 Å². The van der Waals surface area contributed by atoms with Crippen LogP contribution in [0, 0.1) is 11.8 Å². The van der Waals surface area contributed by atoms with Crippen LogP contribution in [-0.4, -0.2) is 65.6 Å². The Morgan fingerprint density at radius 1 is 0.933 bits per heavy atom. The van der Waals surface area contributed by atoms with E-state index in [4.69, 9.17) is 0 Å². The second-order valence-electron chi connectivity index (χ2n) is 8.83. The Morgan fingerprint density at radius 2 is 1.70 bits per heavy atom. The summed E-state index contributed by atoms with van der Waals surface area (Å²) < 4.78 is 0. The van der Waals surface area contributed by atoms with E-state index in [2.05, 4.69) is 15.5 Å². The number of piperidine rings is 2. The maximum absolute atomic E-state index is 13.2. The number of hydrogen-bond donors (Lipinski definition) is 2. The Hall–Kier alpha value is -2.58. The zero-order chi connectivity index (χ0) is 20.8. The molecule has 30 heavy (non-hydrogen) atoms. The van der Waals surface area contributed by atoms with Crippen LogP contribution >= 0.6 is 0 Å². The summed E-state index contributed by atoms with van der Waals surface area (Å²) in [5, 5.41) is 5.65. The molecule has 4 aliphatic heterocycles. The van der Waals surface area contributed by atoms with Crippen molar-refractivity contribution < 1.29 is 19.2 Å². The van der Waals surface area contributed by atoms with E-state index in [9.17, 15) is 19.2 Å². The molecule has 3 fully saturated rings. The van der Waals surface area contributed by atoms with E-state index in [1.807, 2.05) is 6.07 Å². The number of likely N-dealkylation sites (tertiary alicyclic amines) is 1. The van der Waals surface area contributed by atoms with Gasteiger partial charge in [0.25, 0.3) is 11.8 Å². The number of carbonyl (C=O) groups excluding carboxylic acids is 4. The van der Waals surface area contributed by atoms with Gasteiger partial charge in [0.2, 0.25) is 11.8 Å². The summed E-state index contributed by atoms with van der Waals surface area (Å²) in [5.74, 6) is -0.320. The highest BCUT2D eigenvalue weighted by Crippen LogP contribution is 2.34. The summed E-state index contributed by atoms with van der Waals surface area (Å²) in [5.41, 5.74) is 1.61. The first-order chi connectivity index (χ1) is 14.5. The summed E-state index contributed by atoms with van der Waals surface area (Å²) in [6, 6.07) is 4.43. The molecule has 0 saturated carbocycles. The third-order valence-corrected chi connectivity index (χ3v) is 6.98. The zero-order valence-electron chi connectivity index (χ0n) is 16.9. The van der Waals surface area contributed by atoms with E-state index in [1.165, 1.54) is 12.8 Å². The number of nitrogens with zero attached hydrogens (tertiary/aromatic N) is 2. The van der Waals surface area contributed by atoms with Gasteiger partial charge < -0.3 is 5.32 Å². The summed E-state index contributed by atoms with van der Waals surface area (Å²) in [4.78, 5) is 53.2. The van der Waals surface area contributed by atoms with Gasteiger partial charge in [0.1, 0.15) is 6.04 Å². The first-order valence-corrected chi connectivity index (χ1v) is 10.8. The number of hydrogen-bond acceptors (Lipinski definition) is 6. The molecule has 4 aliphatic rings. The minimum Gasteiger partial charge on any atom is -0.317 e. The lowest BCUT2D eigenvalue weighted by Crippen LogP contribution is -2.54. The Balaban J connectivity index is 1.30. The van der Waals surface area contributed by atoms with Crippen molar-refractivity contribution in [2.75, 3.05) is 26.2 Å². The molecule has 5 rings (SSSR count). The molecule has 158 valence electrons. The molecule has 2 N–H and O–H groups in total. The highest BCUT2D eigenvalue weighted by Gasteiger charge is 2.46. The minimum atomic E-state index is -0.920. The van der Waals surface area contributed by atoms with E-state index in [1.54, 1.807) is 12.1 Å². The van der Waals surface area contributed by atoms with Crippen molar-refractivity contribution in [3.05, 3.63) is 34.9 Å². The van der Waals surface area contributed by atoms with Crippen molar-refractivity contribution in [3.63, 3.8) is 0 Å². The number of imide groups is 2. The molecular weight excluding hydrogens is 384 g/mol. The van der Waals surface area contributed by atoms with Gasteiger partial charge in [0.15, 0.2) is 0 Å². The average Bonchev–Trinajstić information content (AvgIpc) is 2.96. The summed E-state index contributed by atoms with van der Waals surface area (Å²) >= 11 is 0. The van der Waals surface area contributed by atoms with Crippen LogP contribution < -0.4 is 10.6 Å². The van der Waals surface area contributed by atoms with E-state index < -0.39 is 23.8 Å². The number of fused-ring (bicyclic) bond motifs is 1.